The molecule has 0 aliphatic heterocycles. The third kappa shape index (κ3) is 3.06. The molecule has 88 valence electrons. The number of hydrogen-bond acceptors (Lipinski definition) is 2. The van der Waals surface area contributed by atoms with Gasteiger partial charge in [0.25, 0.3) is 0 Å². The lowest BCUT2D eigenvalue weighted by Gasteiger charge is -2.05. The Bertz CT molecular complexity index is 518. The van der Waals surface area contributed by atoms with E-state index in [-0.39, 0.29) is 0 Å². The third-order valence-electron chi connectivity index (χ3n) is 2.95. The summed E-state index contributed by atoms with van der Waals surface area (Å²) in [7, 11) is 0. The van der Waals surface area contributed by atoms with Gasteiger partial charge < -0.3 is 5.73 Å². The van der Waals surface area contributed by atoms with Crippen molar-refractivity contribution >= 4 is 5.82 Å². The van der Waals surface area contributed by atoms with Crippen molar-refractivity contribution in [3.63, 3.8) is 0 Å². The Morgan fingerprint density at radius 1 is 1.06 bits per heavy atom. The fraction of sp³-hybridized carbons (Fsp3) is 0.267. The van der Waals surface area contributed by atoms with Crippen molar-refractivity contribution in [2.45, 2.75) is 26.7 Å². The van der Waals surface area contributed by atoms with Crippen LogP contribution >= 0.6 is 0 Å². The van der Waals surface area contributed by atoms with E-state index in [1.165, 1.54) is 11.1 Å². The quantitative estimate of drug-likeness (QED) is 0.873. The maximum atomic E-state index is 5.80. The number of nitrogens with zero attached hydrogens (tertiary/aromatic N) is 1. The number of benzene rings is 1. The molecule has 0 aliphatic carbocycles. The van der Waals surface area contributed by atoms with Crippen LogP contribution in [0.1, 0.15) is 22.4 Å². The van der Waals surface area contributed by atoms with Crippen LogP contribution in [0.5, 0.6) is 0 Å². The molecule has 1 aromatic carbocycles. The van der Waals surface area contributed by atoms with Crippen LogP contribution < -0.4 is 5.73 Å². The molecule has 0 amide bonds. The molecule has 0 saturated heterocycles. The molecule has 17 heavy (non-hydrogen) atoms. The Morgan fingerprint density at radius 3 is 2.59 bits per heavy atom. The lowest BCUT2D eigenvalue weighted by Crippen LogP contribution is -2.00. The van der Waals surface area contributed by atoms with E-state index in [9.17, 15) is 0 Å². The van der Waals surface area contributed by atoms with Crippen LogP contribution in [0, 0.1) is 13.8 Å². The van der Waals surface area contributed by atoms with Crippen LogP contribution in [0.4, 0.5) is 5.82 Å². The first-order chi connectivity index (χ1) is 8.15. The van der Waals surface area contributed by atoms with E-state index in [2.05, 4.69) is 42.2 Å². The Kier molecular flexibility index (Phi) is 3.43. The number of pyridine rings is 1. The van der Waals surface area contributed by atoms with E-state index in [4.69, 9.17) is 5.73 Å². The highest BCUT2D eigenvalue weighted by atomic mass is 14.8. The molecule has 2 heteroatoms. The molecule has 1 aromatic heterocycles. The van der Waals surface area contributed by atoms with Gasteiger partial charge in [0.15, 0.2) is 0 Å². The van der Waals surface area contributed by atoms with Crippen LogP contribution in [-0.4, -0.2) is 4.98 Å². The summed E-state index contributed by atoms with van der Waals surface area (Å²) < 4.78 is 0. The first kappa shape index (κ1) is 11.6. The van der Waals surface area contributed by atoms with Gasteiger partial charge in [0.2, 0.25) is 0 Å². The number of rotatable bonds is 3. The molecule has 0 spiro atoms. The lowest BCUT2D eigenvalue weighted by atomic mass is 10.1. The summed E-state index contributed by atoms with van der Waals surface area (Å²) in [4.78, 5) is 4.39. The fourth-order valence-electron chi connectivity index (χ4n) is 1.87. The number of nitrogens with two attached hydrogens (primary N) is 1. The molecule has 0 atom stereocenters. The van der Waals surface area contributed by atoms with Crippen LogP contribution in [0.2, 0.25) is 0 Å². The van der Waals surface area contributed by atoms with E-state index in [0.29, 0.717) is 5.82 Å². The molecule has 0 bridgehead atoms. The summed E-state index contributed by atoms with van der Waals surface area (Å²) in [5.41, 5.74) is 10.6. The molecule has 2 rings (SSSR count). The maximum absolute atomic E-state index is 5.80. The zero-order chi connectivity index (χ0) is 12.3. The minimum atomic E-state index is 0.645. The molecular weight excluding hydrogens is 208 g/mol. The van der Waals surface area contributed by atoms with Crippen LogP contribution in [0.3, 0.4) is 0 Å². The van der Waals surface area contributed by atoms with Crippen LogP contribution in [0.25, 0.3) is 0 Å². The van der Waals surface area contributed by atoms with E-state index < -0.39 is 0 Å². The maximum Gasteiger partial charge on any atom is 0.126 e. The van der Waals surface area contributed by atoms with Gasteiger partial charge >= 0.3 is 0 Å². The van der Waals surface area contributed by atoms with Gasteiger partial charge in [0.1, 0.15) is 5.82 Å². The fourth-order valence-corrected chi connectivity index (χ4v) is 1.87. The van der Waals surface area contributed by atoms with Crippen LogP contribution in [-0.2, 0) is 12.8 Å². The molecule has 0 saturated carbocycles. The number of hydrogen-bond donors (Lipinski definition) is 1. The van der Waals surface area contributed by atoms with Gasteiger partial charge in [0, 0.05) is 5.69 Å². The van der Waals surface area contributed by atoms with Gasteiger partial charge in [-0.15, -0.1) is 0 Å². The summed E-state index contributed by atoms with van der Waals surface area (Å²) >= 11 is 0. The van der Waals surface area contributed by atoms with Crippen LogP contribution in [0.15, 0.2) is 36.4 Å². The standard InChI is InChI=1S/C15H18N2/c1-11-4-3-5-13(10-11)7-9-14-8-6-12(2)15(16)17-14/h3-6,8,10H,7,9H2,1-2H3,(H2,16,17). The van der Waals surface area contributed by atoms with E-state index in [1.54, 1.807) is 0 Å². The lowest BCUT2D eigenvalue weighted by molar-refractivity contribution is 0.913. The second-order valence-corrected chi connectivity index (χ2v) is 4.49. The molecule has 2 nitrogen and oxygen atoms in total. The highest BCUT2D eigenvalue weighted by Crippen LogP contribution is 2.11. The second-order valence-electron chi connectivity index (χ2n) is 4.49. The highest BCUT2D eigenvalue weighted by Gasteiger charge is 2.00. The number of aryl methyl sites for hydroxylation is 4. The van der Waals surface area contributed by atoms with Crippen molar-refractivity contribution in [3.05, 3.63) is 58.8 Å². The Hall–Kier alpha value is -1.83. The monoisotopic (exact) mass is 226 g/mol. The summed E-state index contributed by atoms with van der Waals surface area (Å²) in [6.07, 6.45) is 1.95. The first-order valence-corrected chi connectivity index (χ1v) is 5.93. The predicted octanol–water partition coefficient (Wildman–Crippen LogP) is 3.07. The molecule has 0 fully saturated rings. The third-order valence-corrected chi connectivity index (χ3v) is 2.95. The molecular formula is C15H18N2. The molecule has 0 radical (unpaired) electrons. The van der Waals surface area contributed by atoms with Crippen molar-refractivity contribution in [1.82, 2.24) is 4.98 Å². The molecule has 1 heterocycles. The second kappa shape index (κ2) is 5.00. The summed E-state index contributed by atoms with van der Waals surface area (Å²) in [5, 5.41) is 0. The normalized spacial score (nSPS) is 10.5. The van der Waals surface area contributed by atoms with Crippen molar-refractivity contribution in [2.75, 3.05) is 5.73 Å². The number of aromatic nitrogens is 1. The van der Waals surface area contributed by atoms with E-state index in [0.717, 1.165) is 24.1 Å². The molecule has 0 aliphatic rings. The van der Waals surface area contributed by atoms with E-state index >= 15 is 0 Å². The van der Waals surface area contributed by atoms with Crippen molar-refractivity contribution in [1.29, 1.82) is 0 Å². The Balaban J connectivity index is 2.05. The minimum Gasteiger partial charge on any atom is -0.383 e. The predicted molar refractivity (Wildman–Crippen MR) is 72.0 cm³/mol. The molecule has 2 aromatic rings. The SMILES string of the molecule is Cc1cccc(CCc2ccc(C)c(N)n2)c1. The van der Waals surface area contributed by atoms with Gasteiger partial charge in [-0.05, 0) is 43.9 Å². The zero-order valence-corrected chi connectivity index (χ0v) is 10.4. The van der Waals surface area contributed by atoms with Gasteiger partial charge in [-0.25, -0.2) is 4.98 Å². The number of nitrogen functional groups attached to an aromatic ring is 1. The first-order valence-electron chi connectivity index (χ1n) is 5.93. The average molecular weight is 226 g/mol. The molecule has 0 unspecified atom stereocenters. The summed E-state index contributed by atoms with van der Waals surface area (Å²) in [5.74, 6) is 0.645. The average Bonchev–Trinajstić information content (AvgIpc) is 2.31. The smallest absolute Gasteiger partial charge is 0.126 e. The van der Waals surface area contributed by atoms with Gasteiger partial charge in [-0.2, -0.15) is 0 Å². The van der Waals surface area contributed by atoms with Crippen molar-refractivity contribution < 1.29 is 0 Å². The van der Waals surface area contributed by atoms with Crippen molar-refractivity contribution in [2.24, 2.45) is 0 Å². The van der Waals surface area contributed by atoms with Gasteiger partial charge in [-0.3, -0.25) is 0 Å². The van der Waals surface area contributed by atoms with Crippen molar-refractivity contribution in [3.8, 4) is 0 Å². The highest BCUT2D eigenvalue weighted by molar-refractivity contribution is 5.39. The van der Waals surface area contributed by atoms with Gasteiger partial charge in [-0.1, -0.05) is 35.9 Å². The zero-order valence-electron chi connectivity index (χ0n) is 10.4. The molecule has 2 N–H and O–H groups in total. The number of anilines is 1. The summed E-state index contributed by atoms with van der Waals surface area (Å²) in [6, 6.07) is 12.7. The van der Waals surface area contributed by atoms with Gasteiger partial charge in [0.05, 0.1) is 0 Å². The largest absolute Gasteiger partial charge is 0.383 e. The minimum absolute atomic E-state index is 0.645. The van der Waals surface area contributed by atoms with E-state index in [1.807, 2.05) is 13.0 Å². The topological polar surface area (TPSA) is 38.9 Å². The summed E-state index contributed by atoms with van der Waals surface area (Å²) in [6.45, 7) is 4.10. The Morgan fingerprint density at radius 2 is 1.88 bits per heavy atom. The Labute approximate surface area is 103 Å².